The third-order valence-electron chi connectivity index (χ3n) is 4.55. The summed E-state index contributed by atoms with van der Waals surface area (Å²) in [5.74, 6) is -1.47. The summed E-state index contributed by atoms with van der Waals surface area (Å²) in [6.07, 6.45) is 0.400. The number of rotatable bonds is 8. The SMILES string of the molecule is CN(CCc1nc(C(=O)NCc2ccc(F)cc2)c(O)c(=O)[nH]1)Cc1ccccc1. The Kier molecular flexibility index (Phi) is 6.92. The van der Waals surface area contributed by atoms with Crippen molar-refractivity contribution in [2.45, 2.75) is 19.5 Å². The van der Waals surface area contributed by atoms with Crippen LogP contribution >= 0.6 is 0 Å². The fraction of sp³-hybridized carbons (Fsp3) is 0.227. The predicted molar refractivity (Wildman–Crippen MR) is 111 cm³/mol. The van der Waals surface area contributed by atoms with Crippen LogP contribution in [0.1, 0.15) is 27.4 Å². The van der Waals surface area contributed by atoms with Gasteiger partial charge in [-0.05, 0) is 30.3 Å². The van der Waals surface area contributed by atoms with Gasteiger partial charge in [0, 0.05) is 26.1 Å². The van der Waals surface area contributed by atoms with E-state index < -0.39 is 17.2 Å². The van der Waals surface area contributed by atoms with Gasteiger partial charge in [0.05, 0.1) is 0 Å². The first-order valence-electron chi connectivity index (χ1n) is 9.49. The number of benzene rings is 2. The molecule has 7 nitrogen and oxygen atoms in total. The van der Waals surface area contributed by atoms with Crippen molar-refractivity contribution in [3.63, 3.8) is 0 Å². The molecule has 0 bridgehead atoms. The lowest BCUT2D eigenvalue weighted by molar-refractivity contribution is 0.0942. The van der Waals surface area contributed by atoms with Gasteiger partial charge in [-0.1, -0.05) is 42.5 Å². The van der Waals surface area contributed by atoms with Crippen LogP contribution in [0.25, 0.3) is 0 Å². The highest BCUT2D eigenvalue weighted by atomic mass is 19.1. The number of likely N-dealkylation sites (N-methyl/N-ethyl adjacent to an activating group) is 1. The smallest absolute Gasteiger partial charge is 0.293 e. The molecule has 0 radical (unpaired) electrons. The largest absolute Gasteiger partial charge is 0.501 e. The quantitative estimate of drug-likeness (QED) is 0.529. The zero-order valence-electron chi connectivity index (χ0n) is 16.6. The molecule has 0 atom stereocenters. The first kappa shape index (κ1) is 21.2. The van der Waals surface area contributed by atoms with Gasteiger partial charge in [0.25, 0.3) is 11.5 Å². The zero-order valence-corrected chi connectivity index (χ0v) is 16.6. The predicted octanol–water partition coefficient (Wildman–Crippen LogP) is 2.22. The Morgan fingerprint density at radius 2 is 1.83 bits per heavy atom. The average molecular weight is 410 g/mol. The van der Waals surface area contributed by atoms with E-state index in [2.05, 4.69) is 20.2 Å². The second-order valence-corrected chi connectivity index (χ2v) is 6.99. The summed E-state index contributed by atoms with van der Waals surface area (Å²) in [6, 6.07) is 15.6. The summed E-state index contributed by atoms with van der Waals surface area (Å²) in [4.78, 5) is 33.2. The van der Waals surface area contributed by atoms with Gasteiger partial charge in [-0.15, -0.1) is 0 Å². The fourth-order valence-electron chi connectivity index (χ4n) is 2.93. The lowest BCUT2D eigenvalue weighted by Crippen LogP contribution is -2.28. The van der Waals surface area contributed by atoms with Crippen LogP contribution in [-0.4, -0.2) is 39.5 Å². The molecule has 156 valence electrons. The summed E-state index contributed by atoms with van der Waals surface area (Å²) in [6.45, 7) is 1.44. The van der Waals surface area contributed by atoms with Gasteiger partial charge in [0.15, 0.2) is 5.69 Å². The lowest BCUT2D eigenvalue weighted by Gasteiger charge is -2.16. The van der Waals surface area contributed by atoms with Crippen molar-refractivity contribution in [3.05, 3.63) is 93.4 Å². The number of aromatic hydroxyl groups is 1. The van der Waals surface area contributed by atoms with E-state index >= 15 is 0 Å². The normalized spacial score (nSPS) is 10.9. The van der Waals surface area contributed by atoms with Crippen LogP contribution in [0.4, 0.5) is 4.39 Å². The Bertz CT molecular complexity index is 1050. The first-order valence-corrected chi connectivity index (χ1v) is 9.49. The monoisotopic (exact) mass is 410 g/mol. The molecule has 1 heterocycles. The molecule has 0 aliphatic rings. The van der Waals surface area contributed by atoms with Crippen LogP contribution < -0.4 is 10.9 Å². The van der Waals surface area contributed by atoms with Crippen LogP contribution in [0.3, 0.4) is 0 Å². The molecule has 8 heteroatoms. The molecular formula is C22H23FN4O3. The minimum absolute atomic E-state index is 0.113. The van der Waals surface area contributed by atoms with Crippen molar-refractivity contribution >= 4 is 5.91 Å². The van der Waals surface area contributed by atoms with E-state index in [0.717, 1.165) is 12.1 Å². The van der Waals surface area contributed by atoms with Crippen LogP contribution in [0.2, 0.25) is 0 Å². The fourth-order valence-corrected chi connectivity index (χ4v) is 2.93. The van der Waals surface area contributed by atoms with Gasteiger partial charge in [-0.3, -0.25) is 9.59 Å². The van der Waals surface area contributed by atoms with Gasteiger partial charge in [-0.2, -0.15) is 0 Å². The first-order chi connectivity index (χ1) is 14.4. The molecule has 3 rings (SSSR count). The topological polar surface area (TPSA) is 98.3 Å². The lowest BCUT2D eigenvalue weighted by atomic mass is 10.2. The number of carbonyl (C=O) groups is 1. The van der Waals surface area contributed by atoms with E-state index in [1.165, 1.54) is 24.3 Å². The Morgan fingerprint density at radius 1 is 1.13 bits per heavy atom. The van der Waals surface area contributed by atoms with Crippen LogP contribution in [-0.2, 0) is 19.5 Å². The maximum atomic E-state index is 13.0. The number of carbonyl (C=O) groups excluding carboxylic acids is 1. The number of aromatic amines is 1. The van der Waals surface area contributed by atoms with E-state index in [9.17, 15) is 19.1 Å². The number of hydrogen-bond donors (Lipinski definition) is 3. The summed E-state index contributed by atoms with van der Waals surface area (Å²) in [5.41, 5.74) is 0.740. The van der Waals surface area contributed by atoms with Crippen molar-refractivity contribution in [2.75, 3.05) is 13.6 Å². The molecule has 0 saturated heterocycles. The Balaban J connectivity index is 1.63. The van der Waals surface area contributed by atoms with Crippen LogP contribution in [0.15, 0.2) is 59.4 Å². The third kappa shape index (κ3) is 5.74. The maximum Gasteiger partial charge on any atom is 0.293 e. The number of amides is 1. The molecule has 0 fully saturated rings. The van der Waals surface area contributed by atoms with E-state index in [0.29, 0.717) is 24.4 Å². The molecule has 0 aliphatic carbocycles. The summed E-state index contributed by atoms with van der Waals surface area (Å²) >= 11 is 0. The molecule has 3 N–H and O–H groups in total. The minimum Gasteiger partial charge on any atom is -0.501 e. The summed E-state index contributed by atoms with van der Waals surface area (Å²) in [5, 5.41) is 12.6. The Hall–Kier alpha value is -3.52. The number of nitrogens with one attached hydrogen (secondary N) is 2. The molecule has 0 aliphatic heterocycles. The molecule has 3 aromatic rings. The third-order valence-corrected chi connectivity index (χ3v) is 4.55. The van der Waals surface area contributed by atoms with E-state index in [1.54, 1.807) is 0 Å². The van der Waals surface area contributed by atoms with E-state index in [4.69, 9.17) is 0 Å². The van der Waals surface area contributed by atoms with E-state index in [1.807, 2.05) is 37.4 Å². The highest BCUT2D eigenvalue weighted by Crippen LogP contribution is 2.10. The maximum absolute atomic E-state index is 13.0. The molecule has 1 aromatic heterocycles. The molecule has 1 amide bonds. The van der Waals surface area contributed by atoms with Gasteiger partial charge >= 0.3 is 0 Å². The van der Waals surface area contributed by atoms with Crippen molar-refractivity contribution in [1.29, 1.82) is 0 Å². The molecule has 2 aromatic carbocycles. The van der Waals surface area contributed by atoms with Crippen LogP contribution in [0, 0.1) is 5.82 Å². The van der Waals surface area contributed by atoms with E-state index in [-0.39, 0.29) is 18.1 Å². The second kappa shape index (κ2) is 9.80. The van der Waals surface area contributed by atoms with Crippen molar-refractivity contribution in [2.24, 2.45) is 0 Å². The average Bonchev–Trinajstić information content (AvgIpc) is 2.74. The van der Waals surface area contributed by atoms with Gasteiger partial charge < -0.3 is 20.3 Å². The molecule has 0 spiro atoms. The number of aromatic nitrogens is 2. The summed E-state index contributed by atoms with van der Waals surface area (Å²) < 4.78 is 13.0. The number of H-pyrrole nitrogens is 1. The van der Waals surface area contributed by atoms with Gasteiger partial charge in [0.1, 0.15) is 11.6 Å². The molecule has 0 saturated carbocycles. The van der Waals surface area contributed by atoms with Crippen molar-refractivity contribution in [1.82, 2.24) is 20.2 Å². The standard InChI is InChI=1S/C22H23FN4O3/c1-27(14-16-5-3-2-4-6-16)12-11-18-25-19(20(28)22(30)26-18)21(29)24-13-15-7-9-17(23)10-8-15/h2-10,28H,11-14H2,1H3,(H,24,29)(H,25,26,30). The molecular weight excluding hydrogens is 387 g/mol. The van der Waals surface area contributed by atoms with Gasteiger partial charge in [0.2, 0.25) is 5.75 Å². The number of nitrogens with zero attached hydrogens (tertiary/aromatic N) is 2. The molecule has 30 heavy (non-hydrogen) atoms. The highest BCUT2D eigenvalue weighted by Gasteiger charge is 2.18. The number of hydrogen-bond acceptors (Lipinski definition) is 5. The van der Waals surface area contributed by atoms with Gasteiger partial charge in [-0.25, -0.2) is 9.37 Å². The second-order valence-electron chi connectivity index (χ2n) is 6.99. The Morgan fingerprint density at radius 3 is 2.53 bits per heavy atom. The number of halogens is 1. The summed E-state index contributed by atoms with van der Waals surface area (Å²) in [7, 11) is 1.95. The minimum atomic E-state index is -0.766. The van der Waals surface area contributed by atoms with Crippen molar-refractivity contribution < 1.29 is 14.3 Å². The van der Waals surface area contributed by atoms with Crippen molar-refractivity contribution in [3.8, 4) is 5.75 Å². The molecule has 0 unspecified atom stereocenters. The van der Waals surface area contributed by atoms with Crippen LogP contribution in [0.5, 0.6) is 5.75 Å². The highest BCUT2D eigenvalue weighted by molar-refractivity contribution is 5.94. The zero-order chi connectivity index (χ0) is 21.5. The Labute approximate surface area is 173 Å².